The Bertz CT molecular complexity index is 476. The molecule has 6 heteroatoms. The van der Waals surface area contributed by atoms with Crippen LogP contribution >= 0.6 is 0 Å². The fourth-order valence-electron chi connectivity index (χ4n) is 2.41. The molecule has 1 N–H and O–H groups in total. The van der Waals surface area contributed by atoms with E-state index < -0.39 is 0 Å². The van der Waals surface area contributed by atoms with Crippen molar-refractivity contribution in [1.82, 2.24) is 15.2 Å². The van der Waals surface area contributed by atoms with Crippen LogP contribution in [0.1, 0.15) is 31.4 Å². The van der Waals surface area contributed by atoms with Crippen LogP contribution in [0.2, 0.25) is 0 Å². The number of hydrogen-bond donors (Lipinski definition) is 1. The molecule has 6 nitrogen and oxygen atoms in total. The van der Waals surface area contributed by atoms with Crippen LogP contribution in [0.5, 0.6) is 0 Å². The maximum absolute atomic E-state index is 12.0. The van der Waals surface area contributed by atoms with E-state index in [1.165, 1.54) is 0 Å². The van der Waals surface area contributed by atoms with Crippen LogP contribution in [0.4, 0.5) is 0 Å². The molecule has 1 fully saturated rings. The Kier molecular flexibility index (Phi) is 4.76. The molecule has 0 aromatic carbocycles. The topological polar surface area (TPSA) is 75.4 Å². The van der Waals surface area contributed by atoms with Crippen molar-refractivity contribution in [1.29, 1.82) is 0 Å². The number of carbonyl (C=O) groups excluding carboxylic acids is 2. The Balaban J connectivity index is 1.69. The minimum atomic E-state index is 0.0110. The van der Waals surface area contributed by atoms with Gasteiger partial charge in [0.2, 0.25) is 11.8 Å². The monoisotopic (exact) mass is 279 g/mol. The van der Waals surface area contributed by atoms with Crippen molar-refractivity contribution < 1.29 is 14.0 Å². The van der Waals surface area contributed by atoms with E-state index in [1.807, 2.05) is 6.92 Å². The van der Waals surface area contributed by atoms with E-state index in [1.54, 1.807) is 18.0 Å². The predicted molar refractivity (Wildman–Crippen MR) is 72.9 cm³/mol. The maximum atomic E-state index is 12.0. The summed E-state index contributed by atoms with van der Waals surface area (Å²) in [6.07, 6.45) is 3.76. The van der Waals surface area contributed by atoms with Crippen molar-refractivity contribution in [3.8, 4) is 0 Å². The van der Waals surface area contributed by atoms with Crippen LogP contribution < -0.4 is 5.32 Å². The van der Waals surface area contributed by atoms with Gasteiger partial charge in [0, 0.05) is 38.9 Å². The van der Waals surface area contributed by atoms with E-state index in [0.29, 0.717) is 31.9 Å². The van der Waals surface area contributed by atoms with Crippen LogP contribution in [0.3, 0.4) is 0 Å². The number of rotatable bonds is 4. The number of aryl methyl sites for hydroxylation is 1. The smallest absolute Gasteiger partial charge is 0.223 e. The van der Waals surface area contributed by atoms with Gasteiger partial charge in [-0.1, -0.05) is 0 Å². The molecule has 20 heavy (non-hydrogen) atoms. The van der Waals surface area contributed by atoms with E-state index in [-0.39, 0.29) is 17.7 Å². The highest BCUT2D eigenvalue weighted by Crippen LogP contribution is 2.17. The highest BCUT2D eigenvalue weighted by atomic mass is 16.4. The highest BCUT2D eigenvalue weighted by molar-refractivity contribution is 5.79. The Morgan fingerprint density at radius 3 is 2.70 bits per heavy atom. The van der Waals surface area contributed by atoms with Crippen LogP contribution in [0, 0.1) is 12.8 Å². The largest absolute Gasteiger partial charge is 0.446 e. The van der Waals surface area contributed by atoms with E-state index in [9.17, 15) is 9.59 Å². The highest BCUT2D eigenvalue weighted by Gasteiger charge is 2.25. The number of likely N-dealkylation sites (tertiary alicyclic amines) is 1. The third kappa shape index (κ3) is 3.82. The molecule has 0 radical (unpaired) electrons. The van der Waals surface area contributed by atoms with Gasteiger partial charge < -0.3 is 14.6 Å². The first-order valence-electron chi connectivity index (χ1n) is 7.01. The zero-order valence-corrected chi connectivity index (χ0v) is 12.0. The molecule has 0 spiro atoms. The van der Waals surface area contributed by atoms with Crippen LogP contribution in [-0.4, -0.2) is 41.3 Å². The molecule has 1 aliphatic rings. The number of hydrogen-bond acceptors (Lipinski definition) is 4. The lowest BCUT2D eigenvalue weighted by Gasteiger charge is -2.30. The molecule has 0 atom stereocenters. The van der Waals surface area contributed by atoms with Crippen LogP contribution in [0.25, 0.3) is 0 Å². The Labute approximate surface area is 118 Å². The SMILES string of the molecule is CC(=O)N1CCC(C(=O)NCCc2ncc(C)o2)CC1. The van der Waals surface area contributed by atoms with Crippen molar-refractivity contribution in [3.05, 3.63) is 17.8 Å². The first-order chi connectivity index (χ1) is 9.56. The molecule has 1 saturated heterocycles. The van der Waals surface area contributed by atoms with Gasteiger partial charge in [0.25, 0.3) is 0 Å². The van der Waals surface area contributed by atoms with Crippen molar-refractivity contribution in [2.24, 2.45) is 5.92 Å². The molecule has 2 rings (SSSR count). The average molecular weight is 279 g/mol. The first kappa shape index (κ1) is 14.6. The molecule has 0 bridgehead atoms. The van der Waals surface area contributed by atoms with Crippen molar-refractivity contribution in [2.45, 2.75) is 33.1 Å². The van der Waals surface area contributed by atoms with E-state index in [4.69, 9.17) is 4.42 Å². The summed E-state index contributed by atoms with van der Waals surface area (Å²) in [5, 5.41) is 2.91. The molecule has 1 aromatic heterocycles. The maximum Gasteiger partial charge on any atom is 0.223 e. The summed E-state index contributed by atoms with van der Waals surface area (Å²) >= 11 is 0. The second-order valence-electron chi connectivity index (χ2n) is 5.19. The lowest BCUT2D eigenvalue weighted by atomic mass is 9.96. The lowest BCUT2D eigenvalue weighted by Crippen LogP contribution is -2.42. The minimum Gasteiger partial charge on any atom is -0.446 e. The number of piperidine rings is 1. The number of nitrogens with zero attached hydrogens (tertiary/aromatic N) is 2. The van der Waals surface area contributed by atoms with Gasteiger partial charge in [-0.25, -0.2) is 4.98 Å². The van der Waals surface area contributed by atoms with Gasteiger partial charge >= 0.3 is 0 Å². The van der Waals surface area contributed by atoms with Crippen LogP contribution in [-0.2, 0) is 16.0 Å². The first-order valence-corrected chi connectivity index (χ1v) is 7.01. The zero-order chi connectivity index (χ0) is 14.5. The summed E-state index contributed by atoms with van der Waals surface area (Å²) < 4.78 is 5.34. The zero-order valence-electron chi connectivity index (χ0n) is 12.0. The van der Waals surface area contributed by atoms with Crippen LogP contribution in [0.15, 0.2) is 10.6 Å². The fraction of sp³-hybridized carbons (Fsp3) is 0.643. The number of nitrogens with one attached hydrogen (secondary N) is 1. The summed E-state index contributed by atoms with van der Waals surface area (Å²) in [7, 11) is 0. The fourth-order valence-corrected chi connectivity index (χ4v) is 2.41. The lowest BCUT2D eigenvalue weighted by molar-refractivity contribution is -0.133. The van der Waals surface area contributed by atoms with Gasteiger partial charge in [-0.2, -0.15) is 0 Å². The molecule has 110 valence electrons. The second-order valence-corrected chi connectivity index (χ2v) is 5.19. The van der Waals surface area contributed by atoms with Gasteiger partial charge in [-0.05, 0) is 19.8 Å². The van der Waals surface area contributed by atoms with Crippen molar-refractivity contribution in [2.75, 3.05) is 19.6 Å². The molecule has 0 aliphatic carbocycles. The normalized spacial score (nSPS) is 16.2. The number of carbonyl (C=O) groups is 2. The van der Waals surface area contributed by atoms with Gasteiger partial charge in [-0.3, -0.25) is 9.59 Å². The molecule has 2 amide bonds. The van der Waals surface area contributed by atoms with Crippen molar-refractivity contribution in [3.63, 3.8) is 0 Å². The summed E-state index contributed by atoms with van der Waals surface area (Å²) in [6.45, 7) is 5.29. The molecular weight excluding hydrogens is 258 g/mol. The average Bonchev–Trinajstić information content (AvgIpc) is 2.84. The van der Waals surface area contributed by atoms with Gasteiger partial charge in [0.1, 0.15) is 5.76 Å². The minimum absolute atomic E-state index is 0.0110. The number of amides is 2. The molecule has 1 aliphatic heterocycles. The second kappa shape index (κ2) is 6.54. The van der Waals surface area contributed by atoms with Crippen molar-refractivity contribution >= 4 is 11.8 Å². The summed E-state index contributed by atoms with van der Waals surface area (Å²) in [4.78, 5) is 29.1. The molecular formula is C14H21N3O3. The third-order valence-electron chi connectivity index (χ3n) is 3.62. The molecule has 1 aromatic rings. The standard InChI is InChI=1S/C14H21N3O3/c1-10-9-16-13(20-10)3-6-15-14(19)12-4-7-17(8-5-12)11(2)18/h9,12H,3-8H2,1-2H3,(H,15,19). The van der Waals surface area contributed by atoms with E-state index in [0.717, 1.165) is 18.6 Å². The molecule has 0 unspecified atom stereocenters. The summed E-state index contributed by atoms with van der Waals surface area (Å²) in [5.41, 5.74) is 0. The van der Waals surface area contributed by atoms with Gasteiger partial charge in [0.15, 0.2) is 5.89 Å². The summed E-state index contributed by atoms with van der Waals surface area (Å²) in [5.74, 6) is 1.59. The predicted octanol–water partition coefficient (Wildman–Crippen LogP) is 0.900. The van der Waals surface area contributed by atoms with Gasteiger partial charge in [0.05, 0.1) is 6.20 Å². The van der Waals surface area contributed by atoms with E-state index in [2.05, 4.69) is 10.3 Å². The summed E-state index contributed by atoms with van der Waals surface area (Å²) in [6, 6.07) is 0. The van der Waals surface area contributed by atoms with E-state index >= 15 is 0 Å². The molecule has 2 heterocycles. The molecule has 0 saturated carbocycles. The quantitative estimate of drug-likeness (QED) is 0.888. The Hall–Kier alpha value is -1.85. The number of oxazole rings is 1. The third-order valence-corrected chi connectivity index (χ3v) is 3.62. The Morgan fingerprint density at radius 1 is 1.45 bits per heavy atom. The Morgan fingerprint density at radius 2 is 2.15 bits per heavy atom. The van der Waals surface area contributed by atoms with Gasteiger partial charge in [-0.15, -0.1) is 0 Å². The number of aromatic nitrogens is 1.